The van der Waals surface area contributed by atoms with Crippen LogP contribution in [0.15, 0.2) is 0 Å². The minimum absolute atomic E-state index is 0.0510. The van der Waals surface area contributed by atoms with Crippen LogP contribution in [0, 0.1) is 35.5 Å². The summed E-state index contributed by atoms with van der Waals surface area (Å²) >= 11 is 7.73. The first-order chi connectivity index (χ1) is 8.10. The number of carbonyl (C=O) groups excluding carboxylic acids is 1. The van der Waals surface area contributed by atoms with Crippen LogP contribution in [-0.4, -0.2) is 33.4 Å². The van der Waals surface area contributed by atoms with Crippen molar-refractivity contribution >= 4 is 37.6 Å². The summed E-state index contributed by atoms with van der Waals surface area (Å²) in [6.45, 7) is 1.35. The topological polar surface area (TPSA) is 35.5 Å². The van der Waals surface area contributed by atoms with Crippen molar-refractivity contribution in [3.05, 3.63) is 0 Å². The Morgan fingerprint density at radius 2 is 1.65 bits per heavy atom. The molecule has 90 valence electrons. The first kappa shape index (κ1) is 9.45. The third-order valence-electron chi connectivity index (χ3n) is 6.63. The zero-order chi connectivity index (χ0) is 11.4. The molecule has 0 aromatic carbocycles. The monoisotopic (exact) mass is 360 g/mol. The number of halogens is 2. The Labute approximate surface area is 115 Å². The predicted octanol–water partition coefficient (Wildman–Crippen LogP) is 1.33. The SMILES string of the molecule is O=C1[C@@H]2[C@@H]3[C@H]4C5C([C@H]2[C@]5(Br)C32OCCO2)[C@@]14Br. The van der Waals surface area contributed by atoms with Gasteiger partial charge in [-0.1, -0.05) is 31.9 Å². The van der Waals surface area contributed by atoms with Gasteiger partial charge in [0.25, 0.3) is 0 Å². The number of ketones is 1. The van der Waals surface area contributed by atoms with Crippen LogP contribution < -0.4 is 0 Å². The lowest BCUT2D eigenvalue weighted by Crippen LogP contribution is -2.75. The zero-order valence-corrected chi connectivity index (χ0v) is 12.0. The summed E-state index contributed by atoms with van der Waals surface area (Å²) in [5.74, 6) is 2.50. The van der Waals surface area contributed by atoms with Gasteiger partial charge >= 0.3 is 0 Å². The fourth-order valence-corrected chi connectivity index (χ4v) is 9.62. The molecule has 7 rings (SSSR count). The van der Waals surface area contributed by atoms with E-state index in [0.29, 0.717) is 48.6 Å². The molecule has 4 bridgehead atoms. The van der Waals surface area contributed by atoms with Crippen LogP contribution in [0.5, 0.6) is 0 Å². The van der Waals surface area contributed by atoms with Crippen molar-refractivity contribution in [2.24, 2.45) is 35.5 Å². The van der Waals surface area contributed by atoms with Gasteiger partial charge in [0, 0.05) is 11.8 Å². The van der Waals surface area contributed by atoms with E-state index in [1.807, 2.05) is 0 Å². The minimum atomic E-state index is -0.476. The largest absolute Gasteiger partial charge is 0.346 e. The van der Waals surface area contributed by atoms with Crippen molar-refractivity contribution in [3.8, 4) is 0 Å². The van der Waals surface area contributed by atoms with Gasteiger partial charge in [-0.2, -0.15) is 0 Å². The number of alkyl halides is 2. The molecule has 2 unspecified atom stereocenters. The first-order valence-corrected chi connectivity index (χ1v) is 7.89. The van der Waals surface area contributed by atoms with Gasteiger partial charge in [-0.05, 0) is 23.7 Å². The first-order valence-electron chi connectivity index (χ1n) is 6.30. The van der Waals surface area contributed by atoms with Crippen molar-refractivity contribution in [1.29, 1.82) is 0 Å². The van der Waals surface area contributed by atoms with Crippen molar-refractivity contribution in [2.75, 3.05) is 13.2 Å². The van der Waals surface area contributed by atoms with E-state index in [9.17, 15) is 4.79 Å². The van der Waals surface area contributed by atoms with Gasteiger partial charge in [0.2, 0.25) is 0 Å². The van der Waals surface area contributed by atoms with E-state index in [2.05, 4.69) is 31.9 Å². The number of hydrogen-bond donors (Lipinski definition) is 0. The molecule has 3 nitrogen and oxygen atoms in total. The Balaban J connectivity index is 1.69. The van der Waals surface area contributed by atoms with Crippen molar-refractivity contribution in [1.82, 2.24) is 0 Å². The molecule has 0 aromatic heterocycles. The maximum atomic E-state index is 12.5. The summed E-state index contributed by atoms with van der Waals surface area (Å²) in [6.07, 6.45) is 0. The summed E-state index contributed by atoms with van der Waals surface area (Å²) < 4.78 is 11.8. The lowest BCUT2D eigenvalue weighted by molar-refractivity contribution is -0.199. The van der Waals surface area contributed by atoms with E-state index in [0.717, 1.165) is 0 Å². The van der Waals surface area contributed by atoms with E-state index in [1.54, 1.807) is 0 Å². The number of rotatable bonds is 0. The molecule has 6 aliphatic carbocycles. The van der Waals surface area contributed by atoms with Crippen LogP contribution >= 0.6 is 31.9 Å². The second kappa shape index (κ2) is 2.11. The molecule has 5 heteroatoms. The molecule has 17 heavy (non-hydrogen) atoms. The Morgan fingerprint density at radius 3 is 2.24 bits per heavy atom. The Kier molecular flexibility index (Phi) is 1.17. The molecular formula is C12H10Br2O3. The average Bonchev–Trinajstić information content (AvgIpc) is 2.96. The van der Waals surface area contributed by atoms with Gasteiger partial charge in [-0.15, -0.1) is 0 Å². The highest BCUT2D eigenvalue weighted by Crippen LogP contribution is 2.96. The highest BCUT2D eigenvalue weighted by Gasteiger charge is 3.04. The third kappa shape index (κ3) is 0.514. The molecule has 7 fully saturated rings. The summed E-state index contributed by atoms with van der Waals surface area (Å²) in [6, 6.07) is 0. The van der Waals surface area contributed by atoms with E-state index in [1.165, 1.54) is 0 Å². The van der Waals surface area contributed by atoms with Gasteiger partial charge in [0.05, 0.1) is 21.9 Å². The van der Waals surface area contributed by atoms with E-state index in [4.69, 9.17) is 9.47 Å². The molecule has 0 radical (unpaired) electrons. The van der Waals surface area contributed by atoms with Crippen LogP contribution in [0.3, 0.4) is 0 Å². The fraction of sp³-hybridized carbons (Fsp3) is 0.917. The van der Waals surface area contributed by atoms with Crippen LogP contribution in [0.2, 0.25) is 0 Å². The van der Waals surface area contributed by atoms with Gasteiger partial charge in [0.1, 0.15) is 0 Å². The van der Waals surface area contributed by atoms with Gasteiger partial charge in [0.15, 0.2) is 11.6 Å². The van der Waals surface area contributed by atoms with Crippen LogP contribution in [0.25, 0.3) is 0 Å². The van der Waals surface area contributed by atoms with Crippen LogP contribution in [0.4, 0.5) is 0 Å². The lowest BCUT2D eigenvalue weighted by atomic mass is 9.40. The maximum Gasteiger partial charge on any atom is 0.188 e. The number of carbonyl (C=O) groups is 1. The minimum Gasteiger partial charge on any atom is -0.346 e. The third-order valence-corrected chi connectivity index (χ3v) is 9.69. The molecule has 6 saturated carbocycles. The van der Waals surface area contributed by atoms with Crippen molar-refractivity contribution in [3.63, 3.8) is 0 Å². The Hall–Kier alpha value is 0.550. The molecule has 0 N–H and O–H groups in total. The second-order valence-corrected chi connectivity index (χ2v) is 9.04. The van der Waals surface area contributed by atoms with Crippen molar-refractivity contribution < 1.29 is 14.3 Å². The Morgan fingerprint density at radius 1 is 1.00 bits per heavy atom. The zero-order valence-electron chi connectivity index (χ0n) is 8.86. The highest BCUT2D eigenvalue weighted by atomic mass is 79.9. The van der Waals surface area contributed by atoms with Crippen LogP contribution in [0.1, 0.15) is 0 Å². The normalized spacial score (nSPS) is 74.6. The summed E-state index contributed by atoms with van der Waals surface area (Å²) in [5, 5.41) is 0. The maximum absolute atomic E-state index is 12.5. The van der Waals surface area contributed by atoms with E-state index < -0.39 is 5.79 Å². The molecule has 0 amide bonds. The molecule has 8 atom stereocenters. The quantitative estimate of drug-likeness (QED) is 0.611. The predicted molar refractivity (Wildman–Crippen MR) is 63.9 cm³/mol. The molecule has 7 aliphatic rings. The average molecular weight is 362 g/mol. The highest BCUT2D eigenvalue weighted by molar-refractivity contribution is 9.10. The molecule has 1 aliphatic heterocycles. The van der Waals surface area contributed by atoms with E-state index in [-0.39, 0.29) is 14.6 Å². The molecule has 1 saturated heterocycles. The number of hydrogen-bond acceptors (Lipinski definition) is 3. The second-order valence-electron chi connectivity index (χ2n) is 6.42. The van der Waals surface area contributed by atoms with Crippen LogP contribution in [-0.2, 0) is 14.3 Å². The molecule has 0 aromatic rings. The summed E-state index contributed by atoms with van der Waals surface area (Å²) in [7, 11) is 0. The number of ether oxygens (including phenoxy) is 2. The van der Waals surface area contributed by atoms with Gasteiger partial charge < -0.3 is 9.47 Å². The Bertz CT molecular complexity index is 516. The van der Waals surface area contributed by atoms with Gasteiger partial charge in [-0.25, -0.2) is 0 Å². The lowest BCUT2D eigenvalue weighted by Gasteiger charge is -2.69. The van der Waals surface area contributed by atoms with Gasteiger partial charge in [-0.3, -0.25) is 4.79 Å². The summed E-state index contributed by atoms with van der Waals surface area (Å²) in [5.41, 5.74) is 0. The number of Topliss-reactive ketones (excluding diaryl/α,β-unsaturated/α-hetero) is 1. The standard InChI is InChI=1S/C12H10Br2O3/c13-10-6-4-3(9(10)15)5-7(10)8(6)11(4,14)12(5)16-1-2-17-12/h3-8H,1-2H2/t3-,4-,5+,6?,7-,8?,10-,11+/m0/s1. The fourth-order valence-electron chi connectivity index (χ4n) is 6.58. The van der Waals surface area contributed by atoms with E-state index >= 15 is 0 Å². The molecule has 1 heterocycles. The molecular weight excluding hydrogens is 352 g/mol. The molecule has 1 spiro atoms. The smallest absolute Gasteiger partial charge is 0.188 e. The summed E-state index contributed by atoms with van der Waals surface area (Å²) in [4.78, 5) is 12.5. The van der Waals surface area contributed by atoms with Crippen molar-refractivity contribution in [2.45, 2.75) is 14.4 Å².